The van der Waals surface area contributed by atoms with E-state index in [-0.39, 0.29) is 5.69 Å². The Morgan fingerprint density at radius 1 is 1.47 bits per heavy atom. The number of carbonyl (C=O) groups is 1. The zero-order valence-electron chi connectivity index (χ0n) is 9.79. The highest BCUT2D eigenvalue weighted by Crippen LogP contribution is 2.33. The summed E-state index contributed by atoms with van der Waals surface area (Å²) in [6.07, 6.45) is 0. The van der Waals surface area contributed by atoms with Crippen molar-refractivity contribution < 1.29 is 14.4 Å². The molecule has 0 aliphatic carbocycles. The van der Waals surface area contributed by atoms with E-state index in [1.165, 1.54) is 6.07 Å². The van der Waals surface area contributed by atoms with Crippen LogP contribution in [0.1, 0.15) is 10.5 Å². The molecule has 0 radical (unpaired) electrons. The maximum atomic E-state index is 10.8. The summed E-state index contributed by atoms with van der Waals surface area (Å²) in [5.41, 5.74) is 1.35. The monoisotopic (exact) mass is 277 g/mol. The van der Waals surface area contributed by atoms with Crippen molar-refractivity contribution in [1.82, 2.24) is 14.9 Å². The van der Waals surface area contributed by atoms with Gasteiger partial charge in [-0.1, -0.05) is 28.9 Å². The largest absolute Gasteiger partial charge is 0.476 e. The van der Waals surface area contributed by atoms with E-state index >= 15 is 0 Å². The lowest BCUT2D eigenvalue weighted by Gasteiger charge is -1.98. The lowest BCUT2D eigenvalue weighted by molar-refractivity contribution is 0.0686. The minimum Gasteiger partial charge on any atom is -0.476 e. The summed E-state index contributed by atoms with van der Waals surface area (Å²) >= 11 is 6.09. The highest BCUT2D eigenvalue weighted by atomic mass is 35.5. The Morgan fingerprint density at radius 2 is 2.26 bits per heavy atom. The van der Waals surface area contributed by atoms with Crippen LogP contribution in [0.15, 0.2) is 28.8 Å². The molecule has 7 heteroatoms. The minimum absolute atomic E-state index is 0.146. The molecule has 3 aromatic rings. The van der Waals surface area contributed by atoms with Crippen LogP contribution in [0.25, 0.3) is 22.2 Å². The molecule has 3 rings (SSSR count). The van der Waals surface area contributed by atoms with E-state index in [1.807, 2.05) is 12.1 Å². The van der Waals surface area contributed by atoms with Crippen LogP contribution in [0, 0.1) is 0 Å². The second kappa shape index (κ2) is 4.10. The van der Waals surface area contributed by atoms with Crippen molar-refractivity contribution in [3.63, 3.8) is 0 Å². The van der Waals surface area contributed by atoms with Crippen molar-refractivity contribution >= 4 is 28.5 Å². The van der Waals surface area contributed by atoms with Gasteiger partial charge in [-0.2, -0.15) is 5.10 Å². The molecular formula is C12H8ClN3O3. The van der Waals surface area contributed by atoms with Crippen LogP contribution < -0.4 is 0 Å². The van der Waals surface area contributed by atoms with Gasteiger partial charge in [-0.3, -0.25) is 4.68 Å². The number of aromatic nitrogens is 3. The fraction of sp³-hybridized carbons (Fsp3) is 0.0833. The lowest BCUT2D eigenvalue weighted by Crippen LogP contribution is -1.94. The van der Waals surface area contributed by atoms with E-state index in [1.54, 1.807) is 17.8 Å². The molecule has 19 heavy (non-hydrogen) atoms. The van der Waals surface area contributed by atoms with Crippen molar-refractivity contribution in [2.24, 2.45) is 7.05 Å². The van der Waals surface area contributed by atoms with Gasteiger partial charge in [0.25, 0.3) is 0 Å². The number of carboxylic acid groups (broad SMARTS) is 1. The van der Waals surface area contributed by atoms with Crippen LogP contribution in [0.5, 0.6) is 0 Å². The Hall–Kier alpha value is -2.34. The SMILES string of the molecule is Cn1nc(Cl)c2c(-c3cc(C(=O)O)no3)cccc21. The normalized spacial score (nSPS) is 11.1. The third-order valence-corrected chi connectivity index (χ3v) is 3.09. The van der Waals surface area contributed by atoms with Gasteiger partial charge in [0, 0.05) is 18.7 Å². The number of aromatic carboxylic acids is 1. The Bertz CT molecular complexity index is 791. The maximum absolute atomic E-state index is 10.8. The molecule has 2 heterocycles. The zero-order valence-corrected chi connectivity index (χ0v) is 10.5. The summed E-state index contributed by atoms with van der Waals surface area (Å²) in [6, 6.07) is 6.83. The van der Waals surface area contributed by atoms with Gasteiger partial charge in [0.2, 0.25) is 0 Å². The molecule has 1 aromatic carbocycles. The Labute approximate surface area is 112 Å². The second-order valence-corrected chi connectivity index (χ2v) is 4.35. The average molecular weight is 278 g/mol. The van der Waals surface area contributed by atoms with Crippen LogP contribution in [-0.4, -0.2) is 26.0 Å². The first kappa shape index (κ1) is 11.7. The molecular weight excluding hydrogens is 270 g/mol. The van der Waals surface area contributed by atoms with E-state index in [2.05, 4.69) is 10.3 Å². The minimum atomic E-state index is -1.14. The molecule has 96 valence electrons. The first-order valence-corrected chi connectivity index (χ1v) is 5.77. The van der Waals surface area contributed by atoms with E-state index in [0.717, 1.165) is 5.52 Å². The molecule has 0 unspecified atom stereocenters. The number of halogens is 1. The summed E-state index contributed by atoms with van der Waals surface area (Å²) in [5.74, 6) is -0.794. The first-order chi connectivity index (χ1) is 9.08. The molecule has 0 aliphatic rings. The predicted octanol–water partition coefficient (Wildman–Crippen LogP) is 2.58. The van der Waals surface area contributed by atoms with Crippen molar-refractivity contribution in [3.05, 3.63) is 35.1 Å². The van der Waals surface area contributed by atoms with Crippen molar-refractivity contribution in [2.45, 2.75) is 0 Å². The molecule has 0 bridgehead atoms. The second-order valence-electron chi connectivity index (χ2n) is 4.00. The molecule has 0 spiro atoms. The molecule has 1 N–H and O–H groups in total. The standard InChI is InChI=1S/C12H8ClN3O3/c1-16-8-4-2-3-6(10(8)11(13)14-16)9-5-7(12(17)18)15-19-9/h2-5H,1H3,(H,17,18). The predicted molar refractivity (Wildman–Crippen MR) is 68.2 cm³/mol. The van der Waals surface area contributed by atoms with Crippen LogP contribution in [0.4, 0.5) is 0 Å². The molecule has 0 saturated carbocycles. The van der Waals surface area contributed by atoms with Gasteiger partial charge in [-0.25, -0.2) is 4.79 Å². The molecule has 0 saturated heterocycles. The van der Waals surface area contributed by atoms with Gasteiger partial charge in [-0.15, -0.1) is 0 Å². The number of rotatable bonds is 2. The van der Waals surface area contributed by atoms with Gasteiger partial charge in [0.1, 0.15) is 0 Å². The molecule has 2 aromatic heterocycles. The van der Waals surface area contributed by atoms with Crippen molar-refractivity contribution in [3.8, 4) is 11.3 Å². The number of benzene rings is 1. The molecule has 0 amide bonds. The summed E-state index contributed by atoms with van der Waals surface area (Å²) in [7, 11) is 1.78. The van der Waals surface area contributed by atoms with Crippen molar-refractivity contribution in [1.29, 1.82) is 0 Å². The smallest absolute Gasteiger partial charge is 0.358 e. The number of carboxylic acids is 1. The average Bonchev–Trinajstić information content (AvgIpc) is 2.96. The van der Waals surface area contributed by atoms with Crippen LogP contribution in [0.2, 0.25) is 5.15 Å². The lowest BCUT2D eigenvalue weighted by atomic mass is 10.1. The number of hydrogen-bond donors (Lipinski definition) is 1. The Morgan fingerprint density at radius 3 is 2.95 bits per heavy atom. The topological polar surface area (TPSA) is 81.2 Å². The van der Waals surface area contributed by atoms with E-state index < -0.39 is 5.97 Å². The van der Waals surface area contributed by atoms with Gasteiger partial charge in [0.05, 0.1) is 10.9 Å². The number of aryl methyl sites for hydroxylation is 1. The van der Waals surface area contributed by atoms with E-state index in [4.69, 9.17) is 21.2 Å². The summed E-state index contributed by atoms with van der Waals surface area (Å²) < 4.78 is 6.71. The van der Waals surface area contributed by atoms with Crippen LogP contribution in [0.3, 0.4) is 0 Å². The summed E-state index contributed by atoms with van der Waals surface area (Å²) in [5, 5.41) is 17.5. The van der Waals surface area contributed by atoms with E-state index in [0.29, 0.717) is 21.9 Å². The third-order valence-electron chi connectivity index (χ3n) is 2.83. The maximum Gasteiger partial charge on any atom is 0.358 e. The number of fused-ring (bicyclic) bond motifs is 1. The van der Waals surface area contributed by atoms with E-state index in [9.17, 15) is 4.79 Å². The quantitative estimate of drug-likeness (QED) is 0.778. The summed E-state index contributed by atoms with van der Waals surface area (Å²) in [4.78, 5) is 10.8. The van der Waals surface area contributed by atoms with Gasteiger partial charge >= 0.3 is 5.97 Å². The molecule has 0 aliphatic heterocycles. The van der Waals surface area contributed by atoms with Gasteiger partial charge in [-0.05, 0) is 6.07 Å². The molecule has 6 nitrogen and oxygen atoms in total. The van der Waals surface area contributed by atoms with Gasteiger partial charge in [0.15, 0.2) is 16.6 Å². The highest BCUT2D eigenvalue weighted by molar-refractivity contribution is 6.35. The molecule has 0 atom stereocenters. The zero-order chi connectivity index (χ0) is 13.6. The van der Waals surface area contributed by atoms with Crippen molar-refractivity contribution in [2.75, 3.05) is 0 Å². The highest BCUT2D eigenvalue weighted by Gasteiger charge is 2.17. The Balaban J connectivity index is 2.27. The van der Waals surface area contributed by atoms with Crippen LogP contribution >= 0.6 is 11.6 Å². The number of hydrogen-bond acceptors (Lipinski definition) is 4. The summed E-state index contributed by atoms with van der Waals surface area (Å²) in [6.45, 7) is 0. The number of nitrogens with zero attached hydrogens (tertiary/aromatic N) is 3. The van der Waals surface area contributed by atoms with Gasteiger partial charge < -0.3 is 9.63 Å². The first-order valence-electron chi connectivity index (χ1n) is 5.39. The fourth-order valence-corrected chi connectivity index (χ4v) is 2.28. The molecule has 0 fully saturated rings. The Kier molecular flexibility index (Phi) is 2.53. The third kappa shape index (κ3) is 1.77. The fourth-order valence-electron chi connectivity index (χ4n) is 1.97. The van der Waals surface area contributed by atoms with Crippen LogP contribution in [-0.2, 0) is 7.05 Å².